The highest BCUT2D eigenvalue weighted by Crippen LogP contribution is 1.98. The Balaban J connectivity index is 1.82. The number of benzene rings is 1. The smallest absolute Gasteiger partial charge is 0.240 e. The van der Waals surface area contributed by atoms with Gasteiger partial charge in [-0.15, -0.1) is 0 Å². The van der Waals surface area contributed by atoms with E-state index in [4.69, 9.17) is 5.73 Å². The predicted octanol–water partition coefficient (Wildman–Crippen LogP) is 0.658. The van der Waals surface area contributed by atoms with E-state index in [1.54, 1.807) is 17.1 Å². The summed E-state index contributed by atoms with van der Waals surface area (Å²) in [5.74, 6) is -0.0418. The molecule has 1 aromatic heterocycles. The van der Waals surface area contributed by atoms with Crippen LogP contribution in [0.25, 0.3) is 0 Å². The van der Waals surface area contributed by atoms with Gasteiger partial charge in [-0.05, 0) is 5.56 Å². The van der Waals surface area contributed by atoms with Crippen LogP contribution in [0, 0.1) is 0 Å². The summed E-state index contributed by atoms with van der Waals surface area (Å²) in [6.07, 6.45) is 3.40. The van der Waals surface area contributed by atoms with E-state index in [2.05, 4.69) is 10.3 Å². The Hall–Kier alpha value is -2.14. The molecular weight excluding hydrogens is 228 g/mol. The second kappa shape index (κ2) is 5.97. The summed E-state index contributed by atoms with van der Waals surface area (Å²) in [7, 11) is 0. The molecule has 94 valence electrons. The lowest BCUT2D eigenvalue weighted by Gasteiger charge is -2.05. The summed E-state index contributed by atoms with van der Waals surface area (Å²) in [5.41, 5.74) is 7.32. The van der Waals surface area contributed by atoms with Crippen molar-refractivity contribution in [1.29, 1.82) is 0 Å². The van der Waals surface area contributed by atoms with Crippen LogP contribution in [-0.4, -0.2) is 15.5 Å². The van der Waals surface area contributed by atoms with Crippen molar-refractivity contribution in [1.82, 2.24) is 14.9 Å². The Labute approximate surface area is 106 Å². The molecule has 1 aromatic carbocycles. The molecule has 2 aromatic rings. The predicted molar refractivity (Wildman–Crippen MR) is 68.4 cm³/mol. The van der Waals surface area contributed by atoms with Crippen molar-refractivity contribution in [2.24, 2.45) is 5.73 Å². The van der Waals surface area contributed by atoms with Gasteiger partial charge in [-0.1, -0.05) is 30.3 Å². The maximum absolute atomic E-state index is 11.7. The largest absolute Gasteiger partial charge is 0.350 e. The molecule has 0 spiro atoms. The molecule has 0 atom stereocenters. The van der Waals surface area contributed by atoms with Crippen LogP contribution in [0.1, 0.15) is 11.3 Å². The fourth-order valence-corrected chi connectivity index (χ4v) is 1.62. The van der Waals surface area contributed by atoms with Crippen LogP contribution in [0.15, 0.2) is 42.9 Å². The summed E-state index contributed by atoms with van der Waals surface area (Å²) in [6.45, 7) is 1.19. The summed E-state index contributed by atoms with van der Waals surface area (Å²) in [5, 5.41) is 2.86. The van der Waals surface area contributed by atoms with Gasteiger partial charge >= 0.3 is 0 Å². The zero-order valence-corrected chi connectivity index (χ0v) is 10.0. The van der Waals surface area contributed by atoms with Crippen LogP contribution in [0.3, 0.4) is 0 Å². The van der Waals surface area contributed by atoms with Gasteiger partial charge in [-0.25, -0.2) is 4.98 Å². The fourth-order valence-electron chi connectivity index (χ4n) is 1.62. The first-order valence-corrected chi connectivity index (χ1v) is 5.79. The monoisotopic (exact) mass is 244 g/mol. The molecule has 5 nitrogen and oxygen atoms in total. The first-order valence-electron chi connectivity index (χ1n) is 5.79. The molecule has 3 N–H and O–H groups in total. The molecule has 0 aliphatic carbocycles. The van der Waals surface area contributed by atoms with E-state index in [1.807, 2.05) is 30.3 Å². The number of carbonyl (C=O) groups is 1. The van der Waals surface area contributed by atoms with E-state index in [1.165, 1.54) is 0 Å². The molecule has 0 aliphatic heterocycles. The van der Waals surface area contributed by atoms with Gasteiger partial charge in [0.25, 0.3) is 0 Å². The third-order valence-corrected chi connectivity index (χ3v) is 2.55. The molecule has 0 bridgehead atoms. The number of hydrogen-bond donors (Lipinski definition) is 2. The standard InChI is InChI=1S/C13H16N4O/c14-6-12-8-17(10-16-12)9-13(18)15-7-11-4-2-1-3-5-11/h1-5,8,10H,6-7,9,14H2,(H,15,18). The van der Waals surface area contributed by atoms with Crippen molar-refractivity contribution in [3.05, 3.63) is 54.1 Å². The maximum Gasteiger partial charge on any atom is 0.240 e. The van der Waals surface area contributed by atoms with Gasteiger partial charge in [-0.3, -0.25) is 4.79 Å². The summed E-state index contributed by atoms with van der Waals surface area (Å²) < 4.78 is 1.72. The summed E-state index contributed by atoms with van der Waals surface area (Å²) >= 11 is 0. The second-order valence-corrected chi connectivity index (χ2v) is 4.00. The van der Waals surface area contributed by atoms with Crippen LogP contribution in [-0.2, 0) is 24.4 Å². The lowest BCUT2D eigenvalue weighted by Crippen LogP contribution is -2.26. The van der Waals surface area contributed by atoms with Crippen molar-refractivity contribution in [3.63, 3.8) is 0 Å². The molecule has 0 saturated heterocycles. The molecule has 0 fully saturated rings. The number of nitrogens with one attached hydrogen (secondary N) is 1. The van der Waals surface area contributed by atoms with E-state index in [0.717, 1.165) is 11.3 Å². The van der Waals surface area contributed by atoms with Gasteiger partial charge in [0.1, 0.15) is 6.54 Å². The van der Waals surface area contributed by atoms with Crippen LogP contribution in [0.5, 0.6) is 0 Å². The van der Waals surface area contributed by atoms with Gasteiger partial charge in [0, 0.05) is 19.3 Å². The van der Waals surface area contributed by atoms with E-state index < -0.39 is 0 Å². The van der Waals surface area contributed by atoms with Crippen molar-refractivity contribution in [3.8, 4) is 0 Å². The molecule has 5 heteroatoms. The van der Waals surface area contributed by atoms with Crippen molar-refractivity contribution >= 4 is 5.91 Å². The Kier molecular flexibility index (Phi) is 4.09. The van der Waals surface area contributed by atoms with Crippen molar-refractivity contribution < 1.29 is 4.79 Å². The van der Waals surface area contributed by atoms with Gasteiger partial charge in [0.15, 0.2) is 0 Å². The van der Waals surface area contributed by atoms with Gasteiger partial charge in [-0.2, -0.15) is 0 Å². The number of amides is 1. The molecule has 18 heavy (non-hydrogen) atoms. The lowest BCUT2D eigenvalue weighted by molar-refractivity contribution is -0.121. The number of rotatable bonds is 5. The van der Waals surface area contributed by atoms with Crippen molar-refractivity contribution in [2.75, 3.05) is 0 Å². The van der Waals surface area contributed by atoms with Crippen LogP contribution in [0.2, 0.25) is 0 Å². The van der Waals surface area contributed by atoms with E-state index in [0.29, 0.717) is 13.1 Å². The number of aromatic nitrogens is 2. The minimum atomic E-state index is -0.0418. The minimum absolute atomic E-state index is 0.0418. The topological polar surface area (TPSA) is 72.9 Å². The highest BCUT2D eigenvalue weighted by Gasteiger charge is 2.03. The third-order valence-electron chi connectivity index (χ3n) is 2.55. The fraction of sp³-hybridized carbons (Fsp3) is 0.231. The van der Waals surface area contributed by atoms with E-state index in [-0.39, 0.29) is 12.5 Å². The molecule has 1 heterocycles. The second-order valence-electron chi connectivity index (χ2n) is 4.00. The average Bonchev–Trinajstić information content (AvgIpc) is 2.85. The molecule has 1 amide bonds. The Morgan fingerprint density at radius 2 is 2.11 bits per heavy atom. The number of hydrogen-bond acceptors (Lipinski definition) is 3. The number of nitrogens with two attached hydrogens (primary N) is 1. The van der Waals surface area contributed by atoms with Crippen LogP contribution in [0.4, 0.5) is 0 Å². The first kappa shape index (κ1) is 12.3. The Bertz CT molecular complexity index is 507. The Morgan fingerprint density at radius 3 is 2.78 bits per heavy atom. The minimum Gasteiger partial charge on any atom is -0.350 e. The van der Waals surface area contributed by atoms with Crippen LogP contribution >= 0.6 is 0 Å². The Morgan fingerprint density at radius 1 is 1.33 bits per heavy atom. The van der Waals surface area contributed by atoms with E-state index >= 15 is 0 Å². The number of imidazole rings is 1. The van der Waals surface area contributed by atoms with Crippen LogP contribution < -0.4 is 11.1 Å². The quantitative estimate of drug-likeness (QED) is 0.811. The normalized spacial score (nSPS) is 10.3. The van der Waals surface area contributed by atoms with E-state index in [9.17, 15) is 4.79 Å². The van der Waals surface area contributed by atoms with Gasteiger partial charge in [0.2, 0.25) is 5.91 Å². The van der Waals surface area contributed by atoms with Gasteiger partial charge in [0.05, 0.1) is 12.0 Å². The molecular formula is C13H16N4O. The maximum atomic E-state index is 11.7. The number of nitrogens with zero attached hydrogens (tertiary/aromatic N) is 2. The van der Waals surface area contributed by atoms with Gasteiger partial charge < -0.3 is 15.6 Å². The molecule has 0 saturated carbocycles. The van der Waals surface area contributed by atoms with Crippen molar-refractivity contribution in [2.45, 2.75) is 19.6 Å². The SMILES string of the molecule is NCc1cn(CC(=O)NCc2ccccc2)cn1. The third kappa shape index (κ3) is 3.43. The average molecular weight is 244 g/mol. The molecule has 0 unspecified atom stereocenters. The molecule has 2 rings (SSSR count). The zero-order valence-electron chi connectivity index (χ0n) is 10.0. The highest BCUT2D eigenvalue weighted by atomic mass is 16.1. The number of carbonyl (C=O) groups excluding carboxylic acids is 1. The molecule has 0 aliphatic rings. The first-order chi connectivity index (χ1) is 8.78. The summed E-state index contributed by atoms with van der Waals surface area (Å²) in [4.78, 5) is 15.8. The highest BCUT2D eigenvalue weighted by molar-refractivity contribution is 5.75. The summed E-state index contributed by atoms with van der Waals surface area (Å²) in [6, 6.07) is 9.80. The lowest BCUT2D eigenvalue weighted by atomic mass is 10.2. The zero-order chi connectivity index (χ0) is 12.8. The molecule has 0 radical (unpaired) electrons.